The smallest absolute Gasteiger partial charge is 0.233 e. The van der Waals surface area contributed by atoms with Gasteiger partial charge in [-0.3, -0.25) is 4.79 Å². The molecule has 0 radical (unpaired) electrons. The summed E-state index contributed by atoms with van der Waals surface area (Å²) in [6.45, 7) is 9.05. The molecule has 0 aliphatic carbocycles. The predicted molar refractivity (Wildman–Crippen MR) is 60.1 cm³/mol. The van der Waals surface area contributed by atoms with Gasteiger partial charge in [-0.25, -0.2) is 0 Å². The molecule has 0 spiro atoms. The third-order valence-electron chi connectivity index (χ3n) is 1.92. The number of rotatable bonds is 5. The standard InChI is InChI=1S/C10H21NOS/c1-7(2)5-6-11-10(12)9(13)8(3)4/h7-9,13H,5-6H2,1-4H3,(H,11,12). The molecule has 0 aromatic carbocycles. The maximum atomic E-state index is 11.4. The number of carbonyl (C=O) groups is 1. The average molecular weight is 203 g/mol. The molecule has 3 heteroatoms. The fraction of sp³-hybridized carbons (Fsp3) is 0.900. The van der Waals surface area contributed by atoms with Crippen molar-refractivity contribution in [3.05, 3.63) is 0 Å². The first kappa shape index (κ1) is 12.8. The number of thiol groups is 1. The van der Waals surface area contributed by atoms with Gasteiger partial charge in [0.05, 0.1) is 5.25 Å². The maximum Gasteiger partial charge on any atom is 0.233 e. The van der Waals surface area contributed by atoms with Crippen molar-refractivity contribution in [1.29, 1.82) is 0 Å². The molecular weight excluding hydrogens is 182 g/mol. The molecular formula is C10H21NOS. The SMILES string of the molecule is CC(C)CCNC(=O)C(S)C(C)C. The minimum atomic E-state index is -0.174. The molecule has 0 saturated carbocycles. The first-order chi connectivity index (χ1) is 5.95. The van der Waals surface area contributed by atoms with E-state index in [1.54, 1.807) is 0 Å². The third-order valence-corrected chi connectivity index (χ3v) is 2.75. The van der Waals surface area contributed by atoms with Crippen LogP contribution < -0.4 is 5.32 Å². The summed E-state index contributed by atoms with van der Waals surface area (Å²) in [6.07, 6.45) is 1.03. The molecule has 0 heterocycles. The minimum absolute atomic E-state index is 0.0546. The van der Waals surface area contributed by atoms with Gasteiger partial charge in [-0.2, -0.15) is 12.6 Å². The minimum Gasteiger partial charge on any atom is -0.355 e. The van der Waals surface area contributed by atoms with Crippen molar-refractivity contribution in [2.45, 2.75) is 39.4 Å². The highest BCUT2D eigenvalue weighted by atomic mass is 32.1. The number of hydrogen-bond acceptors (Lipinski definition) is 2. The van der Waals surface area contributed by atoms with E-state index in [2.05, 4.69) is 31.8 Å². The fourth-order valence-corrected chi connectivity index (χ4v) is 0.983. The van der Waals surface area contributed by atoms with Gasteiger partial charge in [-0.15, -0.1) is 0 Å². The van der Waals surface area contributed by atoms with Crippen LogP contribution in [-0.2, 0) is 4.79 Å². The third kappa shape index (κ3) is 5.97. The van der Waals surface area contributed by atoms with Crippen LogP contribution in [0.2, 0.25) is 0 Å². The predicted octanol–water partition coefficient (Wildman–Crippen LogP) is 2.10. The van der Waals surface area contributed by atoms with Crippen molar-refractivity contribution in [3.8, 4) is 0 Å². The molecule has 0 aromatic rings. The van der Waals surface area contributed by atoms with Gasteiger partial charge in [0.15, 0.2) is 0 Å². The number of hydrogen-bond donors (Lipinski definition) is 2. The molecule has 1 amide bonds. The summed E-state index contributed by atoms with van der Waals surface area (Å²) in [5.41, 5.74) is 0. The summed E-state index contributed by atoms with van der Waals surface area (Å²) >= 11 is 4.23. The van der Waals surface area contributed by atoms with Crippen molar-refractivity contribution >= 4 is 18.5 Å². The zero-order valence-electron chi connectivity index (χ0n) is 9.00. The van der Waals surface area contributed by atoms with Crippen LogP contribution >= 0.6 is 12.6 Å². The molecule has 0 saturated heterocycles. The van der Waals surface area contributed by atoms with E-state index in [0.717, 1.165) is 13.0 Å². The largest absolute Gasteiger partial charge is 0.355 e. The zero-order valence-corrected chi connectivity index (χ0v) is 9.90. The van der Waals surface area contributed by atoms with E-state index < -0.39 is 0 Å². The van der Waals surface area contributed by atoms with E-state index in [0.29, 0.717) is 11.8 Å². The Labute approximate surface area is 86.9 Å². The monoisotopic (exact) mass is 203 g/mol. The quantitative estimate of drug-likeness (QED) is 0.658. The summed E-state index contributed by atoms with van der Waals surface area (Å²) < 4.78 is 0. The maximum absolute atomic E-state index is 11.4. The van der Waals surface area contributed by atoms with Gasteiger partial charge in [0.1, 0.15) is 0 Å². The molecule has 0 bridgehead atoms. The van der Waals surface area contributed by atoms with Crippen LogP contribution in [0.3, 0.4) is 0 Å². The summed E-state index contributed by atoms with van der Waals surface area (Å²) in [7, 11) is 0. The Morgan fingerprint density at radius 3 is 2.23 bits per heavy atom. The zero-order chi connectivity index (χ0) is 10.4. The molecule has 0 aromatic heterocycles. The normalized spacial score (nSPS) is 13.5. The Morgan fingerprint density at radius 1 is 1.31 bits per heavy atom. The van der Waals surface area contributed by atoms with Crippen molar-refractivity contribution in [1.82, 2.24) is 5.32 Å². The lowest BCUT2D eigenvalue weighted by molar-refractivity contribution is -0.121. The molecule has 78 valence electrons. The topological polar surface area (TPSA) is 29.1 Å². The first-order valence-corrected chi connectivity index (χ1v) is 5.42. The van der Waals surface area contributed by atoms with Crippen molar-refractivity contribution in [2.75, 3.05) is 6.54 Å². The molecule has 0 fully saturated rings. The van der Waals surface area contributed by atoms with Gasteiger partial charge in [0.25, 0.3) is 0 Å². The average Bonchev–Trinajstić information content (AvgIpc) is 2.02. The summed E-state index contributed by atoms with van der Waals surface area (Å²) in [5, 5.41) is 2.71. The van der Waals surface area contributed by atoms with E-state index in [1.165, 1.54) is 0 Å². The van der Waals surface area contributed by atoms with Crippen LogP contribution in [0.5, 0.6) is 0 Å². The van der Waals surface area contributed by atoms with E-state index in [-0.39, 0.29) is 11.2 Å². The summed E-state index contributed by atoms with van der Waals surface area (Å²) in [5.74, 6) is 0.985. The van der Waals surface area contributed by atoms with Crippen LogP contribution in [0, 0.1) is 11.8 Å². The van der Waals surface area contributed by atoms with E-state index >= 15 is 0 Å². The Bertz CT molecular complexity index is 157. The van der Waals surface area contributed by atoms with E-state index in [1.807, 2.05) is 13.8 Å². The number of carbonyl (C=O) groups excluding carboxylic acids is 1. The van der Waals surface area contributed by atoms with Gasteiger partial charge in [-0.1, -0.05) is 27.7 Å². The lowest BCUT2D eigenvalue weighted by Gasteiger charge is -2.14. The van der Waals surface area contributed by atoms with E-state index in [9.17, 15) is 4.79 Å². The molecule has 1 N–H and O–H groups in total. The first-order valence-electron chi connectivity index (χ1n) is 4.91. The van der Waals surface area contributed by atoms with Gasteiger partial charge < -0.3 is 5.32 Å². The highest BCUT2D eigenvalue weighted by Crippen LogP contribution is 2.08. The van der Waals surface area contributed by atoms with Gasteiger partial charge >= 0.3 is 0 Å². The van der Waals surface area contributed by atoms with E-state index in [4.69, 9.17) is 0 Å². The number of nitrogens with one attached hydrogen (secondary N) is 1. The van der Waals surface area contributed by atoms with Gasteiger partial charge in [0, 0.05) is 6.54 Å². The second kappa shape index (κ2) is 6.30. The molecule has 2 nitrogen and oxygen atoms in total. The Kier molecular flexibility index (Phi) is 6.21. The second-order valence-electron chi connectivity index (χ2n) is 4.16. The Hall–Kier alpha value is -0.180. The highest BCUT2D eigenvalue weighted by molar-refractivity contribution is 7.81. The van der Waals surface area contributed by atoms with Crippen molar-refractivity contribution in [3.63, 3.8) is 0 Å². The molecule has 1 unspecified atom stereocenters. The van der Waals surface area contributed by atoms with Crippen LogP contribution in [0.15, 0.2) is 0 Å². The van der Waals surface area contributed by atoms with Crippen LogP contribution in [0.25, 0.3) is 0 Å². The highest BCUT2D eigenvalue weighted by Gasteiger charge is 2.16. The Morgan fingerprint density at radius 2 is 1.85 bits per heavy atom. The van der Waals surface area contributed by atoms with Crippen molar-refractivity contribution < 1.29 is 4.79 Å². The van der Waals surface area contributed by atoms with Crippen molar-refractivity contribution in [2.24, 2.45) is 11.8 Å². The molecule has 1 atom stereocenters. The van der Waals surface area contributed by atoms with Crippen LogP contribution in [0.1, 0.15) is 34.1 Å². The fourth-order valence-electron chi connectivity index (χ4n) is 0.891. The van der Waals surface area contributed by atoms with Gasteiger partial charge in [-0.05, 0) is 18.3 Å². The van der Waals surface area contributed by atoms with Gasteiger partial charge in [0.2, 0.25) is 5.91 Å². The molecule has 0 rings (SSSR count). The summed E-state index contributed by atoms with van der Waals surface area (Å²) in [6, 6.07) is 0. The molecule has 13 heavy (non-hydrogen) atoms. The van der Waals surface area contributed by atoms with Crippen LogP contribution in [0.4, 0.5) is 0 Å². The van der Waals surface area contributed by atoms with Crippen LogP contribution in [-0.4, -0.2) is 17.7 Å². The molecule has 0 aliphatic rings. The number of amides is 1. The lowest BCUT2D eigenvalue weighted by Crippen LogP contribution is -2.35. The Balaban J connectivity index is 3.62. The second-order valence-corrected chi connectivity index (χ2v) is 4.72. The molecule has 0 aliphatic heterocycles. The lowest BCUT2D eigenvalue weighted by atomic mass is 10.1. The summed E-state index contributed by atoms with van der Waals surface area (Å²) in [4.78, 5) is 11.4.